The lowest BCUT2D eigenvalue weighted by Crippen LogP contribution is -2.27. The lowest BCUT2D eigenvalue weighted by atomic mass is 9.97. The van der Waals surface area contributed by atoms with E-state index in [1.807, 2.05) is 27.7 Å². The molecule has 0 atom stereocenters. The number of primary sulfonamides is 1. The normalized spacial score (nSPS) is 12.2. The Balaban J connectivity index is 1.87. The van der Waals surface area contributed by atoms with Crippen LogP contribution in [0.2, 0.25) is 0 Å². The minimum Gasteiger partial charge on any atom is -0.444 e. The van der Waals surface area contributed by atoms with Crippen LogP contribution in [0.5, 0.6) is 0 Å². The third kappa shape index (κ3) is 5.40. The van der Waals surface area contributed by atoms with Crippen LogP contribution in [0.15, 0.2) is 33.6 Å². The summed E-state index contributed by atoms with van der Waals surface area (Å²) in [7, 11) is -3.69. The van der Waals surface area contributed by atoms with Gasteiger partial charge >= 0.3 is 0 Å². The van der Waals surface area contributed by atoms with Crippen molar-refractivity contribution in [1.82, 2.24) is 10.3 Å². The van der Waals surface area contributed by atoms with Crippen molar-refractivity contribution < 1.29 is 17.6 Å². The fourth-order valence-corrected chi connectivity index (χ4v) is 2.83. The first-order valence-corrected chi connectivity index (χ1v) is 9.86. The maximum absolute atomic E-state index is 12.1. The van der Waals surface area contributed by atoms with Crippen LogP contribution in [0, 0.1) is 6.92 Å². The largest absolute Gasteiger partial charge is 0.444 e. The third-order valence-electron chi connectivity index (χ3n) is 3.84. The molecule has 0 radical (unpaired) electrons. The molecule has 142 valence electrons. The number of aryl methyl sites for hydroxylation is 1. The summed E-state index contributed by atoms with van der Waals surface area (Å²) >= 11 is 0. The number of amides is 1. The summed E-state index contributed by atoms with van der Waals surface area (Å²) < 4.78 is 28.2. The van der Waals surface area contributed by atoms with Gasteiger partial charge in [-0.3, -0.25) is 4.79 Å². The van der Waals surface area contributed by atoms with Crippen molar-refractivity contribution in [1.29, 1.82) is 0 Å². The van der Waals surface area contributed by atoms with Crippen LogP contribution in [-0.4, -0.2) is 25.9 Å². The van der Waals surface area contributed by atoms with Gasteiger partial charge in [-0.1, -0.05) is 32.9 Å². The lowest BCUT2D eigenvalue weighted by Gasteiger charge is -2.12. The van der Waals surface area contributed by atoms with Crippen molar-refractivity contribution in [2.75, 3.05) is 6.54 Å². The predicted octanol–water partition coefficient (Wildman–Crippen LogP) is 1.83. The topological polar surface area (TPSA) is 115 Å². The fraction of sp³-hybridized carbons (Fsp3) is 0.444. The van der Waals surface area contributed by atoms with Crippen LogP contribution in [-0.2, 0) is 33.1 Å². The molecule has 0 aliphatic rings. The fourth-order valence-electron chi connectivity index (χ4n) is 2.31. The number of nitrogens with two attached hydrogens (primary N) is 1. The van der Waals surface area contributed by atoms with Gasteiger partial charge in [0.05, 0.1) is 17.0 Å². The molecule has 3 N–H and O–H groups in total. The molecule has 0 unspecified atom stereocenters. The van der Waals surface area contributed by atoms with Gasteiger partial charge in [-0.15, -0.1) is 0 Å². The molecule has 1 aromatic heterocycles. The highest BCUT2D eigenvalue weighted by molar-refractivity contribution is 7.89. The Labute approximate surface area is 154 Å². The van der Waals surface area contributed by atoms with E-state index >= 15 is 0 Å². The van der Waals surface area contributed by atoms with Crippen LogP contribution in [0.25, 0.3) is 0 Å². The maximum atomic E-state index is 12.1. The number of aromatic nitrogens is 1. The van der Waals surface area contributed by atoms with Crippen molar-refractivity contribution >= 4 is 15.9 Å². The first-order chi connectivity index (χ1) is 12.0. The highest BCUT2D eigenvalue weighted by atomic mass is 32.2. The highest BCUT2D eigenvalue weighted by Crippen LogP contribution is 2.24. The Hall–Kier alpha value is -2.19. The molecule has 8 heteroatoms. The number of sulfonamides is 1. The summed E-state index contributed by atoms with van der Waals surface area (Å²) in [6, 6.07) is 6.28. The summed E-state index contributed by atoms with van der Waals surface area (Å²) in [5.41, 5.74) is 1.43. The Morgan fingerprint density at radius 2 is 1.85 bits per heavy atom. The molecule has 2 aromatic rings. The van der Waals surface area contributed by atoms with Gasteiger partial charge in [0.25, 0.3) is 0 Å². The van der Waals surface area contributed by atoms with Crippen molar-refractivity contribution in [2.45, 2.75) is 50.8 Å². The predicted molar refractivity (Wildman–Crippen MR) is 98.2 cm³/mol. The average Bonchev–Trinajstić information content (AvgIpc) is 2.88. The first-order valence-electron chi connectivity index (χ1n) is 8.32. The zero-order valence-corrected chi connectivity index (χ0v) is 16.3. The van der Waals surface area contributed by atoms with Gasteiger partial charge in [0.2, 0.25) is 15.9 Å². The molecule has 0 aliphatic heterocycles. The van der Waals surface area contributed by atoms with Gasteiger partial charge in [0.1, 0.15) is 5.76 Å². The number of nitrogens with zero attached hydrogens (tertiary/aromatic N) is 1. The molecular weight excluding hydrogens is 354 g/mol. The van der Waals surface area contributed by atoms with Gasteiger partial charge in [0, 0.05) is 12.0 Å². The first kappa shape index (κ1) is 20.1. The molecule has 0 fully saturated rings. The van der Waals surface area contributed by atoms with E-state index in [2.05, 4.69) is 10.3 Å². The van der Waals surface area contributed by atoms with E-state index in [1.54, 1.807) is 12.1 Å². The Morgan fingerprint density at radius 3 is 2.35 bits per heavy atom. The Morgan fingerprint density at radius 1 is 1.23 bits per heavy atom. The number of carbonyl (C=O) groups is 1. The van der Waals surface area contributed by atoms with Gasteiger partial charge in [0.15, 0.2) is 5.89 Å². The van der Waals surface area contributed by atoms with Crippen LogP contribution in [0.4, 0.5) is 0 Å². The molecule has 1 aromatic carbocycles. The third-order valence-corrected chi connectivity index (χ3v) is 4.77. The number of hydrogen-bond donors (Lipinski definition) is 2. The quantitative estimate of drug-likeness (QED) is 0.794. The van der Waals surface area contributed by atoms with E-state index < -0.39 is 10.0 Å². The molecule has 1 amide bonds. The average molecular weight is 379 g/mol. The number of benzene rings is 1. The number of carbonyl (C=O) groups excluding carboxylic acids is 1. The van der Waals surface area contributed by atoms with E-state index in [1.165, 1.54) is 12.1 Å². The summed E-state index contributed by atoms with van der Waals surface area (Å²) in [4.78, 5) is 16.6. The molecule has 1 heterocycles. The maximum Gasteiger partial charge on any atom is 0.238 e. The second-order valence-electron chi connectivity index (χ2n) is 7.24. The van der Waals surface area contributed by atoms with E-state index in [0.717, 1.165) is 11.3 Å². The van der Waals surface area contributed by atoms with Crippen molar-refractivity contribution in [3.63, 3.8) is 0 Å². The van der Waals surface area contributed by atoms with Gasteiger partial charge < -0.3 is 9.73 Å². The zero-order valence-electron chi connectivity index (χ0n) is 15.5. The van der Waals surface area contributed by atoms with Crippen molar-refractivity contribution in [2.24, 2.45) is 5.14 Å². The minimum atomic E-state index is -3.69. The second kappa shape index (κ2) is 7.59. The molecule has 26 heavy (non-hydrogen) atoms. The highest BCUT2D eigenvalue weighted by Gasteiger charge is 2.23. The second-order valence-corrected chi connectivity index (χ2v) is 8.80. The molecule has 0 saturated heterocycles. The smallest absolute Gasteiger partial charge is 0.238 e. The minimum absolute atomic E-state index is 0.0701. The molecular formula is C18H25N3O4S. The van der Waals surface area contributed by atoms with Gasteiger partial charge in [-0.05, 0) is 31.0 Å². The molecule has 2 rings (SSSR count). The summed E-state index contributed by atoms with van der Waals surface area (Å²) in [6.07, 6.45) is 0.721. The number of hydrogen-bond acceptors (Lipinski definition) is 5. The van der Waals surface area contributed by atoms with Gasteiger partial charge in [-0.2, -0.15) is 0 Å². The van der Waals surface area contributed by atoms with Crippen LogP contribution < -0.4 is 10.5 Å². The summed E-state index contributed by atoms with van der Waals surface area (Å²) in [6.45, 7) is 8.27. The zero-order chi connectivity index (χ0) is 19.5. The van der Waals surface area contributed by atoms with E-state index in [-0.39, 0.29) is 22.6 Å². The van der Waals surface area contributed by atoms with E-state index in [9.17, 15) is 13.2 Å². The molecule has 7 nitrogen and oxygen atoms in total. The lowest BCUT2D eigenvalue weighted by molar-refractivity contribution is -0.120. The molecule has 0 aliphatic carbocycles. The van der Waals surface area contributed by atoms with Crippen LogP contribution >= 0.6 is 0 Å². The van der Waals surface area contributed by atoms with Crippen molar-refractivity contribution in [3.05, 3.63) is 47.2 Å². The van der Waals surface area contributed by atoms with E-state index in [0.29, 0.717) is 24.6 Å². The molecule has 0 bridgehead atoms. The Kier molecular flexibility index (Phi) is 5.87. The van der Waals surface area contributed by atoms with Crippen molar-refractivity contribution in [3.8, 4) is 0 Å². The van der Waals surface area contributed by atoms with Crippen LogP contribution in [0.1, 0.15) is 43.7 Å². The molecule has 0 saturated carbocycles. The molecule has 0 spiro atoms. The standard InChI is InChI=1S/C18H25N3O4S/c1-12-15(25-17(21-12)18(2,3)4)11-16(22)20-10-9-13-5-7-14(8-6-13)26(19,23)24/h5-8H,9-11H2,1-4H3,(H,20,22)(H2,19,23,24). The van der Waals surface area contributed by atoms with Gasteiger partial charge in [-0.25, -0.2) is 18.5 Å². The number of nitrogens with one attached hydrogen (secondary N) is 1. The number of rotatable bonds is 6. The Bertz CT molecular complexity index is 878. The van der Waals surface area contributed by atoms with Crippen LogP contribution in [0.3, 0.4) is 0 Å². The summed E-state index contributed by atoms with van der Waals surface area (Å²) in [5, 5.41) is 7.89. The monoisotopic (exact) mass is 379 g/mol. The SMILES string of the molecule is Cc1nc(C(C)(C)C)oc1CC(=O)NCCc1ccc(S(N)(=O)=O)cc1. The number of oxazole rings is 1. The summed E-state index contributed by atoms with van der Waals surface area (Å²) in [5.74, 6) is 1.04. The van der Waals surface area contributed by atoms with E-state index in [4.69, 9.17) is 9.56 Å².